The SMILES string of the molecule is CCOC(=O)c1nn(-c2ccccc2)cc1OCC(=O)Nc1cccc(C#N)c1. The number of anilines is 1. The van der Waals surface area contributed by atoms with E-state index in [4.69, 9.17) is 14.7 Å². The van der Waals surface area contributed by atoms with Crippen molar-refractivity contribution in [3.05, 3.63) is 72.1 Å². The number of rotatable bonds is 7. The minimum absolute atomic E-state index is 0.0185. The minimum atomic E-state index is -0.640. The van der Waals surface area contributed by atoms with E-state index in [1.807, 2.05) is 36.4 Å². The van der Waals surface area contributed by atoms with E-state index in [1.54, 1.807) is 31.2 Å². The molecule has 0 aliphatic carbocycles. The standard InChI is InChI=1S/C21H18N4O4/c1-2-28-21(27)20-18(13-25(24-20)17-9-4-3-5-10-17)29-14-19(26)23-16-8-6-7-15(11-16)12-22/h3-11,13H,2,14H2,1H3,(H,23,26). The predicted molar refractivity (Wildman–Crippen MR) is 105 cm³/mol. The Morgan fingerprint density at radius 1 is 1.17 bits per heavy atom. The van der Waals surface area contributed by atoms with Gasteiger partial charge in [-0.05, 0) is 37.3 Å². The first-order valence-electron chi connectivity index (χ1n) is 8.85. The summed E-state index contributed by atoms with van der Waals surface area (Å²) in [6, 6.07) is 17.7. The second-order valence-corrected chi connectivity index (χ2v) is 5.87. The fourth-order valence-electron chi connectivity index (χ4n) is 2.52. The Morgan fingerprint density at radius 3 is 2.69 bits per heavy atom. The topological polar surface area (TPSA) is 106 Å². The van der Waals surface area contributed by atoms with Crippen LogP contribution in [0.2, 0.25) is 0 Å². The summed E-state index contributed by atoms with van der Waals surface area (Å²) in [5.41, 5.74) is 1.61. The molecule has 146 valence electrons. The van der Waals surface area contributed by atoms with Gasteiger partial charge in [0.25, 0.3) is 5.91 Å². The van der Waals surface area contributed by atoms with Crippen LogP contribution in [0.15, 0.2) is 60.8 Å². The zero-order chi connectivity index (χ0) is 20.6. The van der Waals surface area contributed by atoms with E-state index in [0.29, 0.717) is 11.3 Å². The molecule has 0 unspecified atom stereocenters. The summed E-state index contributed by atoms with van der Waals surface area (Å²) >= 11 is 0. The molecule has 0 spiro atoms. The van der Waals surface area contributed by atoms with Gasteiger partial charge in [-0.1, -0.05) is 24.3 Å². The van der Waals surface area contributed by atoms with Crippen molar-refractivity contribution < 1.29 is 19.1 Å². The Kier molecular flexibility index (Phi) is 6.22. The molecule has 3 rings (SSSR count). The molecule has 1 N–H and O–H groups in total. The van der Waals surface area contributed by atoms with Crippen LogP contribution in [0.25, 0.3) is 5.69 Å². The van der Waals surface area contributed by atoms with Gasteiger partial charge in [-0.2, -0.15) is 10.4 Å². The minimum Gasteiger partial charge on any atom is -0.480 e. The van der Waals surface area contributed by atoms with Crippen LogP contribution in [0.1, 0.15) is 23.0 Å². The highest BCUT2D eigenvalue weighted by molar-refractivity contribution is 5.93. The van der Waals surface area contributed by atoms with E-state index in [9.17, 15) is 9.59 Å². The maximum atomic E-state index is 12.2. The number of ether oxygens (including phenoxy) is 2. The van der Waals surface area contributed by atoms with Gasteiger partial charge >= 0.3 is 5.97 Å². The number of nitrogens with one attached hydrogen (secondary N) is 1. The maximum absolute atomic E-state index is 12.2. The molecule has 0 aliphatic rings. The van der Waals surface area contributed by atoms with E-state index < -0.39 is 11.9 Å². The van der Waals surface area contributed by atoms with Crippen LogP contribution in [0.3, 0.4) is 0 Å². The number of carbonyl (C=O) groups is 2. The lowest BCUT2D eigenvalue weighted by molar-refractivity contribution is -0.118. The van der Waals surface area contributed by atoms with Gasteiger partial charge in [0.2, 0.25) is 5.69 Å². The first-order chi connectivity index (χ1) is 14.1. The van der Waals surface area contributed by atoms with Crippen molar-refractivity contribution in [2.75, 3.05) is 18.5 Å². The second kappa shape index (κ2) is 9.19. The van der Waals surface area contributed by atoms with Gasteiger partial charge in [-0.3, -0.25) is 4.79 Å². The first kappa shape index (κ1) is 19.6. The molecule has 8 heteroatoms. The van der Waals surface area contributed by atoms with Crippen LogP contribution in [0, 0.1) is 11.3 Å². The highest BCUT2D eigenvalue weighted by Gasteiger charge is 2.21. The predicted octanol–water partition coefficient (Wildman–Crippen LogP) is 2.94. The Morgan fingerprint density at radius 2 is 1.97 bits per heavy atom. The molecule has 1 amide bonds. The number of hydrogen-bond acceptors (Lipinski definition) is 6. The summed E-state index contributed by atoms with van der Waals surface area (Å²) in [5, 5.41) is 15.8. The normalized spacial score (nSPS) is 10.1. The molecular formula is C21H18N4O4. The molecule has 1 aromatic heterocycles. The molecule has 2 aromatic carbocycles. The average Bonchev–Trinajstić information content (AvgIpc) is 3.18. The van der Waals surface area contributed by atoms with Gasteiger partial charge in [0, 0.05) is 5.69 Å². The molecular weight excluding hydrogens is 372 g/mol. The summed E-state index contributed by atoms with van der Waals surface area (Å²) in [6.45, 7) is 1.53. The molecule has 0 bridgehead atoms. The molecule has 29 heavy (non-hydrogen) atoms. The molecule has 1 heterocycles. The molecule has 0 saturated carbocycles. The molecule has 0 atom stereocenters. The third-order valence-electron chi connectivity index (χ3n) is 3.80. The monoisotopic (exact) mass is 390 g/mol. The third-order valence-corrected chi connectivity index (χ3v) is 3.80. The summed E-state index contributed by atoms with van der Waals surface area (Å²) in [6.07, 6.45) is 1.52. The summed E-state index contributed by atoms with van der Waals surface area (Å²) in [4.78, 5) is 24.4. The van der Waals surface area contributed by atoms with Crippen LogP contribution in [0.5, 0.6) is 5.75 Å². The van der Waals surface area contributed by atoms with Crippen molar-refractivity contribution >= 4 is 17.6 Å². The number of carbonyl (C=O) groups excluding carboxylic acids is 2. The highest BCUT2D eigenvalue weighted by Crippen LogP contribution is 2.21. The van der Waals surface area contributed by atoms with E-state index >= 15 is 0 Å². The van der Waals surface area contributed by atoms with E-state index in [1.165, 1.54) is 10.9 Å². The van der Waals surface area contributed by atoms with Crippen LogP contribution < -0.4 is 10.1 Å². The van der Waals surface area contributed by atoms with Crippen LogP contribution >= 0.6 is 0 Å². The number of para-hydroxylation sites is 1. The lowest BCUT2D eigenvalue weighted by Crippen LogP contribution is -2.20. The third kappa shape index (κ3) is 4.99. The molecule has 0 fully saturated rings. The van der Waals surface area contributed by atoms with Crippen molar-refractivity contribution in [3.63, 3.8) is 0 Å². The maximum Gasteiger partial charge on any atom is 0.362 e. The van der Waals surface area contributed by atoms with Gasteiger partial charge in [0.05, 0.1) is 30.1 Å². The van der Waals surface area contributed by atoms with E-state index in [-0.39, 0.29) is 24.7 Å². The van der Waals surface area contributed by atoms with Gasteiger partial charge in [-0.25, -0.2) is 9.48 Å². The number of benzene rings is 2. The Hall–Kier alpha value is -4.12. The number of amides is 1. The first-order valence-corrected chi connectivity index (χ1v) is 8.85. The van der Waals surface area contributed by atoms with Crippen molar-refractivity contribution in [1.29, 1.82) is 5.26 Å². The molecule has 0 aliphatic heterocycles. The fraction of sp³-hybridized carbons (Fsp3) is 0.143. The summed E-state index contributed by atoms with van der Waals surface area (Å²) in [5.74, 6) is -0.949. The van der Waals surface area contributed by atoms with E-state index in [2.05, 4.69) is 10.4 Å². The van der Waals surface area contributed by atoms with Gasteiger partial charge in [-0.15, -0.1) is 0 Å². The smallest absolute Gasteiger partial charge is 0.362 e. The van der Waals surface area contributed by atoms with Crippen molar-refractivity contribution in [2.24, 2.45) is 0 Å². The average molecular weight is 390 g/mol. The molecule has 8 nitrogen and oxygen atoms in total. The van der Waals surface area contributed by atoms with Crippen LogP contribution in [0.4, 0.5) is 5.69 Å². The second-order valence-electron chi connectivity index (χ2n) is 5.87. The number of aromatic nitrogens is 2. The highest BCUT2D eigenvalue weighted by atomic mass is 16.5. The Bertz CT molecular complexity index is 1050. The number of hydrogen-bond donors (Lipinski definition) is 1. The fourth-order valence-corrected chi connectivity index (χ4v) is 2.52. The molecule has 0 radical (unpaired) electrons. The lowest BCUT2D eigenvalue weighted by Gasteiger charge is -2.07. The zero-order valence-electron chi connectivity index (χ0n) is 15.7. The van der Waals surface area contributed by atoms with Gasteiger partial charge in [0.1, 0.15) is 0 Å². The molecule has 0 saturated heterocycles. The number of nitriles is 1. The molecule has 3 aromatic rings. The number of esters is 1. The van der Waals surface area contributed by atoms with Crippen molar-refractivity contribution in [1.82, 2.24) is 9.78 Å². The van der Waals surface area contributed by atoms with Crippen LogP contribution in [-0.2, 0) is 9.53 Å². The number of nitrogens with zero attached hydrogens (tertiary/aromatic N) is 3. The van der Waals surface area contributed by atoms with Gasteiger partial charge < -0.3 is 14.8 Å². The van der Waals surface area contributed by atoms with Crippen molar-refractivity contribution in [3.8, 4) is 17.5 Å². The summed E-state index contributed by atoms with van der Waals surface area (Å²) < 4.78 is 12.0. The van der Waals surface area contributed by atoms with Crippen molar-refractivity contribution in [2.45, 2.75) is 6.92 Å². The summed E-state index contributed by atoms with van der Waals surface area (Å²) in [7, 11) is 0. The van der Waals surface area contributed by atoms with Crippen LogP contribution in [-0.4, -0.2) is 34.9 Å². The lowest BCUT2D eigenvalue weighted by atomic mass is 10.2. The quantitative estimate of drug-likeness (QED) is 0.622. The van der Waals surface area contributed by atoms with E-state index in [0.717, 1.165) is 5.69 Å². The largest absolute Gasteiger partial charge is 0.480 e. The van der Waals surface area contributed by atoms with Gasteiger partial charge in [0.15, 0.2) is 12.4 Å². The Balaban J connectivity index is 1.74. The zero-order valence-corrected chi connectivity index (χ0v) is 15.7. The Labute approximate surface area is 167 Å².